The minimum atomic E-state index is -1.15. The molecule has 0 aliphatic carbocycles. The van der Waals surface area contributed by atoms with E-state index in [9.17, 15) is 23.2 Å². The molecule has 146 valence electrons. The monoisotopic (exact) mass is 382 g/mol. The Hall–Kier alpha value is -2.97. The Morgan fingerprint density at radius 1 is 1.33 bits per heavy atom. The highest BCUT2D eigenvalue weighted by atomic mass is 19.1. The molecule has 1 aliphatic rings. The number of hydrogen-bond donors (Lipinski definition) is 2. The fourth-order valence-electron chi connectivity index (χ4n) is 2.88. The molecule has 0 unspecified atom stereocenters. The summed E-state index contributed by atoms with van der Waals surface area (Å²) in [6.45, 7) is 3.24. The Kier molecular flexibility index (Phi) is 6.49. The fourth-order valence-corrected chi connectivity index (χ4v) is 2.88. The number of nitrogens with one attached hydrogen (secondary N) is 1. The Morgan fingerprint density at radius 2 is 2.04 bits per heavy atom. The molecule has 0 radical (unpaired) electrons. The number of carboxylic acid groups (broad SMARTS) is 1. The van der Waals surface area contributed by atoms with Crippen molar-refractivity contribution in [3.05, 3.63) is 46.7 Å². The summed E-state index contributed by atoms with van der Waals surface area (Å²) in [4.78, 5) is 36.8. The highest BCUT2D eigenvalue weighted by Gasteiger charge is 2.37. The number of ether oxygens (including phenoxy) is 1. The van der Waals surface area contributed by atoms with Crippen molar-refractivity contribution in [2.24, 2.45) is 0 Å². The molecule has 0 aromatic heterocycles. The normalized spacial score (nSPS) is 17.0. The van der Waals surface area contributed by atoms with Gasteiger partial charge in [0.15, 0.2) is 0 Å². The molecule has 1 heterocycles. The SMILES string of the molecule is CCOC(=O)C1=C(C)N(CCCC(=O)O)C(=O)N[C@H]1c1ccc(F)cc1F. The highest BCUT2D eigenvalue weighted by Crippen LogP contribution is 2.33. The first-order valence-corrected chi connectivity index (χ1v) is 8.38. The van der Waals surface area contributed by atoms with Crippen molar-refractivity contribution >= 4 is 18.0 Å². The number of carbonyl (C=O) groups is 3. The molecular formula is C18H20F2N2O5. The third-order valence-electron chi connectivity index (χ3n) is 4.14. The summed E-state index contributed by atoms with van der Waals surface area (Å²) in [5.74, 6) is -3.45. The van der Waals surface area contributed by atoms with Crippen molar-refractivity contribution in [3.63, 3.8) is 0 Å². The lowest BCUT2D eigenvalue weighted by molar-refractivity contribution is -0.139. The van der Waals surface area contributed by atoms with Crippen LogP contribution in [0.15, 0.2) is 29.5 Å². The summed E-state index contributed by atoms with van der Waals surface area (Å²) in [7, 11) is 0. The first-order chi connectivity index (χ1) is 12.8. The molecule has 0 saturated heterocycles. The van der Waals surface area contributed by atoms with E-state index in [4.69, 9.17) is 9.84 Å². The maximum Gasteiger partial charge on any atom is 0.338 e. The number of halogens is 2. The first-order valence-electron chi connectivity index (χ1n) is 8.38. The number of carbonyl (C=O) groups excluding carboxylic acids is 2. The van der Waals surface area contributed by atoms with E-state index in [1.54, 1.807) is 6.92 Å². The average molecular weight is 382 g/mol. The van der Waals surface area contributed by atoms with Crippen LogP contribution in [-0.2, 0) is 14.3 Å². The van der Waals surface area contributed by atoms with Crippen molar-refractivity contribution in [2.45, 2.75) is 32.7 Å². The molecule has 9 heteroatoms. The van der Waals surface area contributed by atoms with E-state index < -0.39 is 35.6 Å². The van der Waals surface area contributed by atoms with Crippen molar-refractivity contribution in [3.8, 4) is 0 Å². The largest absolute Gasteiger partial charge is 0.481 e. The Morgan fingerprint density at radius 3 is 2.63 bits per heavy atom. The van der Waals surface area contributed by atoms with E-state index >= 15 is 0 Å². The molecule has 2 rings (SSSR count). The molecule has 1 aromatic rings. The van der Waals surface area contributed by atoms with Crippen LogP contribution in [0.2, 0.25) is 0 Å². The van der Waals surface area contributed by atoms with Crippen LogP contribution in [-0.4, -0.2) is 41.1 Å². The lowest BCUT2D eigenvalue weighted by Crippen LogP contribution is -2.48. The van der Waals surface area contributed by atoms with Gasteiger partial charge in [0.25, 0.3) is 0 Å². The van der Waals surface area contributed by atoms with Crippen LogP contribution in [0.4, 0.5) is 13.6 Å². The number of hydrogen-bond acceptors (Lipinski definition) is 4. The van der Waals surface area contributed by atoms with Gasteiger partial charge >= 0.3 is 18.0 Å². The minimum absolute atomic E-state index is 0.0114. The summed E-state index contributed by atoms with van der Waals surface area (Å²) in [5, 5.41) is 11.3. The Labute approximate surface area is 154 Å². The van der Waals surface area contributed by atoms with Gasteiger partial charge in [0.2, 0.25) is 0 Å². The zero-order valence-electron chi connectivity index (χ0n) is 14.9. The molecule has 2 amide bonds. The van der Waals surface area contributed by atoms with E-state index in [2.05, 4.69) is 5.32 Å². The summed E-state index contributed by atoms with van der Waals surface area (Å²) in [6.07, 6.45) is 0.0214. The fraction of sp³-hybridized carbons (Fsp3) is 0.389. The number of allylic oxidation sites excluding steroid dienone is 1. The zero-order chi connectivity index (χ0) is 20.1. The van der Waals surface area contributed by atoms with Gasteiger partial charge in [-0.05, 0) is 26.3 Å². The summed E-state index contributed by atoms with van der Waals surface area (Å²) in [5.41, 5.74) is 0.172. The van der Waals surface area contributed by atoms with Gasteiger partial charge in [-0.25, -0.2) is 18.4 Å². The quantitative estimate of drug-likeness (QED) is 0.707. The Balaban J connectivity index is 2.44. The van der Waals surface area contributed by atoms with Gasteiger partial charge in [-0.2, -0.15) is 0 Å². The first kappa shape index (κ1) is 20.3. The maximum atomic E-state index is 14.3. The standard InChI is InChI=1S/C18H20F2N2O5/c1-3-27-17(25)15-10(2)22(8-4-5-14(23)24)18(26)21-16(15)12-7-6-11(19)9-13(12)20/h6-7,9,16H,3-5,8H2,1-2H3,(H,21,26)(H,23,24)/t16-/m0/s1. The predicted molar refractivity (Wildman–Crippen MR) is 90.5 cm³/mol. The number of amides is 2. The van der Waals surface area contributed by atoms with Gasteiger partial charge in [-0.15, -0.1) is 0 Å². The van der Waals surface area contributed by atoms with Crippen LogP contribution in [0.5, 0.6) is 0 Å². The van der Waals surface area contributed by atoms with Crippen molar-refractivity contribution in [2.75, 3.05) is 13.2 Å². The van der Waals surface area contributed by atoms with Crippen LogP contribution >= 0.6 is 0 Å². The topological polar surface area (TPSA) is 95.9 Å². The average Bonchev–Trinajstić information content (AvgIpc) is 2.57. The summed E-state index contributed by atoms with van der Waals surface area (Å²) in [6, 6.07) is 1.09. The van der Waals surface area contributed by atoms with Crippen LogP contribution < -0.4 is 5.32 Å². The second kappa shape index (κ2) is 8.61. The number of benzene rings is 1. The summed E-state index contributed by atoms with van der Waals surface area (Å²) < 4.78 is 32.5. The molecular weight excluding hydrogens is 362 g/mol. The van der Waals surface area contributed by atoms with Crippen LogP contribution in [0.1, 0.15) is 38.3 Å². The van der Waals surface area contributed by atoms with Gasteiger partial charge in [0, 0.05) is 30.3 Å². The number of urea groups is 1. The van der Waals surface area contributed by atoms with Gasteiger partial charge in [0.1, 0.15) is 11.6 Å². The molecule has 1 aromatic carbocycles. The molecule has 1 atom stereocenters. The van der Waals surface area contributed by atoms with Gasteiger partial charge in [0.05, 0.1) is 18.2 Å². The molecule has 7 nitrogen and oxygen atoms in total. The van der Waals surface area contributed by atoms with Crippen LogP contribution in [0.3, 0.4) is 0 Å². The zero-order valence-corrected chi connectivity index (χ0v) is 14.9. The number of aliphatic carboxylic acids is 1. The second-order valence-electron chi connectivity index (χ2n) is 5.92. The summed E-state index contributed by atoms with van der Waals surface area (Å²) >= 11 is 0. The number of rotatable bonds is 7. The molecule has 2 N–H and O–H groups in total. The van der Waals surface area contributed by atoms with E-state index in [1.807, 2.05) is 0 Å². The third kappa shape index (κ3) is 4.60. The van der Waals surface area contributed by atoms with Crippen LogP contribution in [0.25, 0.3) is 0 Å². The number of nitrogens with zero attached hydrogens (tertiary/aromatic N) is 1. The molecule has 0 saturated carbocycles. The second-order valence-corrected chi connectivity index (χ2v) is 5.92. The molecule has 0 spiro atoms. The molecule has 0 fully saturated rings. The van der Waals surface area contributed by atoms with E-state index in [-0.39, 0.29) is 42.8 Å². The number of carboxylic acids is 1. The molecule has 1 aliphatic heterocycles. The van der Waals surface area contributed by atoms with Crippen molar-refractivity contribution in [1.82, 2.24) is 10.2 Å². The molecule has 0 bridgehead atoms. The van der Waals surface area contributed by atoms with Crippen molar-refractivity contribution < 1.29 is 33.0 Å². The lowest BCUT2D eigenvalue weighted by Gasteiger charge is -2.35. The Bertz CT molecular complexity index is 794. The third-order valence-corrected chi connectivity index (χ3v) is 4.14. The van der Waals surface area contributed by atoms with E-state index in [0.29, 0.717) is 6.07 Å². The highest BCUT2D eigenvalue weighted by molar-refractivity contribution is 5.95. The molecule has 27 heavy (non-hydrogen) atoms. The van der Waals surface area contributed by atoms with E-state index in [0.717, 1.165) is 12.1 Å². The minimum Gasteiger partial charge on any atom is -0.481 e. The lowest BCUT2D eigenvalue weighted by atomic mass is 9.94. The number of esters is 1. The van der Waals surface area contributed by atoms with Crippen LogP contribution in [0, 0.1) is 11.6 Å². The van der Waals surface area contributed by atoms with Gasteiger partial charge in [-0.3, -0.25) is 9.69 Å². The predicted octanol–water partition coefficient (Wildman–Crippen LogP) is 2.73. The van der Waals surface area contributed by atoms with Crippen molar-refractivity contribution in [1.29, 1.82) is 0 Å². The van der Waals surface area contributed by atoms with Gasteiger partial charge < -0.3 is 15.2 Å². The van der Waals surface area contributed by atoms with E-state index in [1.165, 1.54) is 11.8 Å². The van der Waals surface area contributed by atoms with Gasteiger partial charge in [-0.1, -0.05) is 6.07 Å². The maximum absolute atomic E-state index is 14.3. The smallest absolute Gasteiger partial charge is 0.338 e.